The highest BCUT2D eigenvalue weighted by Gasteiger charge is 2.10. The van der Waals surface area contributed by atoms with E-state index in [4.69, 9.17) is 9.15 Å². The van der Waals surface area contributed by atoms with Gasteiger partial charge in [-0.15, -0.1) is 0 Å². The van der Waals surface area contributed by atoms with E-state index in [-0.39, 0.29) is 19.1 Å². The molecule has 1 atom stereocenters. The Kier molecular flexibility index (Phi) is 5.34. The molecule has 0 aliphatic rings. The number of benzene rings is 2. The van der Waals surface area contributed by atoms with Gasteiger partial charge in [0.05, 0.1) is 6.10 Å². The number of carbonyl (C=O) groups is 1. The summed E-state index contributed by atoms with van der Waals surface area (Å²) in [5, 5.41) is 13.5. The Hall–Kier alpha value is -3.12. The van der Waals surface area contributed by atoms with Crippen LogP contribution >= 0.6 is 0 Å². The molecule has 2 N–H and O–H groups in total. The van der Waals surface area contributed by atoms with Crippen molar-refractivity contribution in [3.63, 3.8) is 0 Å². The minimum absolute atomic E-state index is 0.0952. The Morgan fingerprint density at radius 2 is 1.96 bits per heavy atom. The number of aryl methyl sites for hydroxylation is 1. The first-order valence-electron chi connectivity index (χ1n) is 8.20. The van der Waals surface area contributed by atoms with Gasteiger partial charge < -0.3 is 19.6 Å². The molecule has 3 aromatic rings. The minimum Gasteiger partial charge on any atom is -0.484 e. The molecule has 2 aromatic carbocycles. The number of nitrogens with one attached hydrogen (secondary N) is 1. The van der Waals surface area contributed by atoms with Crippen molar-refractivity contribution in [2.75, 3.05) is 13.2 Å². The third-order valence-electron chi connectivity index (χ3n) is 3.97. The molecule has 1 unspecified atom stereocenters. The fourth-order valence-corrected chi connectivity index (χ4v) is 2.60. The third-order valence-corrected chi connectivity index (χ3v) is 3.97. The second kappa shape index (κ2) is 7.84. The molecular formula is C20H19NO5. The number of fused-ring (bicyclic) bond motifs is 1. The van der Waals surface area contributed by atoms with Gasteiger partial charge in [0.15, 0.2) is 6.61 Å². The molecule has 134 valence electrons. The van der Waals surface area contributed by atoms with Crippen LogP contribution in [-0.4, -0.2) is 24.2 Å². The number of rotatable bonds is 6. The van der Waals surface area contributed by atoms with Crippen LogP contribution in [0.1, 0.15) is 17.2 Å². The summed E-state index contributed by atoms with van der Waals surface area (Å²) in [6.07, 6.45) is -0.780. The van der Waals surface area contributed by atoms with Gasteiger partial charge >= 0.3 is 5.63 Å². The molecule has 1 heterocycles. The van der Waals surface area contributed by atoms with E-state index < -0.39 is 11.7 Å². The number of amides is 1. The topological polar surface area (TPSA) is 88.8 Å². The average molecular weight is 353 g/mol. The summed E-state index contributed by atoms with van der Waals surface area (Å²) in [6.45, 7) is 1.71. The van der Waals surface area contributed by atoms with Crippen molar-refractivity contribution in [3.8, 4) is 5.75 Å². The highest BCUT2D eigenvalue weighted by atomic mass is 16.5. The Bertz CT molecular complexity index is 965. The van der Waals surface area contributed by atoms with Crippen molar-refractivity contribution in [2.45, 2.75) is 13.0 Å². The van der Waals surface area contributed by atoms with Crippen molar-refractivity contribution in [2.24, 2.45) is 0 Å². The SMILES string of the molecule is Cc1cc(=O)oc2cc(OCC(=O)NCC(O)c3ccccc3)ccc12. The summed E-state index contributed by atoms with van der Waals surface area (Å²) in [5.41, 5.74) is 1.52. The smallest absolute Gasteiger partial charge is 0.336 e. The van der Waals surface area contributed by atoms with E-state index in [1.54, 1.807) is 30.3 Å². The zero-order chi connectivity index (χ0) is 18.5. The highest BCUT2D eigenvalue weighted by Crippen LogP contribution is 2.22. The molecular weight excluding hydrogens is 334 g/mol. The van der Waals surface area contributed by atoms with Crippen LogP contribution in [0.5, 0.6) is 5.75 Å². The van der Waals surface area contributed by atoms with Crippen LogP contribution in [0.25, 0.3) is 11.0 Å². The van der Waals surface area contributed by atoms with E-state index in [0.29, 0.717) is 11.3 Å². The Balaban J connectivity index is 1.56. The standard InChI is InChI=1S/C20H19NO5/c1-13-9-20(24)26-18-10-15(7-8-16(13)18)25-12-19(23)21-11-17(22)14-5-3-2-4-6-14/h2-10,17,22H,11-12H2,1H3,(H,21,23). The second-order valence-corrected chi connectivity index (χ2v) is 5.93. The van der Waals surface area contributed by atoms with E-state index in [0.717, 1.165) is 16.5 Å². The molecule has 1 aromatic heterocycles. The zero-order valence-electron chi connectivity index (χ0n) is 14.3. The van der Waals surface area contributed by atoms with Crippen LogP contribution in [0.4, 0.5) is 0 Å². The van der Waals surface area contributed by atoms with E-state index in [1.807, 2.05) is 25.1 Å². The number of aliphatic hydroxyl groups is 1. The molecule has 26 heavy (non-hydrogen) atoms. The fraction of sp³-hybridized carbons (Fsp3) is 0.200. The van der Waals surface area contributed by atoms with Crippen LogP contribution in [0.15, 0.2) is 63.8 Å². The molecule has 0 spiro atoms. The van der Waals surface area contributed by atoms with Gasteiger partial charge in [0, 0.05) is 24.1 Å². The molecule has 0 fully saturated rings. The lowest BCUT2D eigenvalue weighted by Gasteiger charge is -2.12. The maximum absolute atomic E-state index is 11.9. The summed E-state index contributed by atoms with van der Waals surface area (Å²) in [5.74, 6) is 0.0655. The largest absolute Gasteiger partial charge is 0.484 e. The summed E-state index contributed by atoms with van der Waals surface area (Å²) >= 11 is 0. The van der Waals surface area contributed by atoms with Crippen LogP contribution in [0.3, 0.4) is 0 Å². The number of aliphatic hydroxyl groups excluding tert-OH is 1. The summed E-state index contributed by atoms with van der Waals surface area (Å²) in [6, 6.07) is 15.6. The molecule has 0 saturated heterocycles. The second-order valence-electron chi connectivity index (χ2n) is 5.93. The van der Waals surface area contributed by atoms with Gasteiger partial charge in [-0.2, -0.15) is 0 Å². The number of carbonyl (C=O) groups excluding carboxylic acids is 1. The van der Waals surface area contributed by atoms with E-state index in [2.05, 4.69) is 5.32 Å². The first-order chi connectivity index (χ1) is 12.5. The average Bonchev–Trinajstić information content (AvgIpc) is 2.64. The van der Waals surface area contributed by atoms with Gasteiger partial charge in [-0.25, -0.2) is 4.79 Å². The monoisotopic (exact) mass is 353 g/mol. The fourth-order valence-electron chi connectivity index (χ4n) is 2.60. The number of hydrogen-bond donors (Lipinski definition) is 2. The lowest BCUT2D eigenvalue weighted by Crippen LogP contribution is -2.32. The molecule has 0 aliphatic heterocycles. The lowest BCUT2D eigenvalue weighted by molar-refractivity contribution is -0.123. The zero-order valence-corrected chi connectivity index (χ0v) is 14.3. The van der Waals surface area contributed by atoms with Crippen LogP contribution < -0.4 is 15.7 Å². The van der Waals surface area contributed by atoms with Gasteiger partial charge in [-0.3, -0.25) is 4.79 Å². The van der Waals surface area contributed by atoms with Crippen molar-refractivity contribution < 1.29 is 19.1 Å². The van der Waals surface area contributed by atoms with Gasteiger partial charge in [0.2, 0.25) is 0 Å². The molecule has 6 heteroatoms. The van der Waals surface area contributed by atoms with Gasteiger partial charge in [-0.1, -0.05) is 30.3 Å². The Morgan fingerprint density at radius 3 is 2.73 bits per heavy atom. The summed E-state index contributed by atoms with van der Waals surface area (Å²) in [4.78, 5) is 23.4. The van der Waals surface area contributed by atoms with Crippen molar-refractivity contribution in [1.29, 1.82) is 0 Å². The molecule has 1 amide bonds. The molecule has 0 bridgehead atoms. The van der Waals surface area contributed by atoms with Crippen LogP contribution in [0, 0.1) is 6.92 Å². The Labute approximate surface area is 150 Å². The number of ether oxygens (including phenoxy) is 1. The first-order valence-corrected chi connectivity index (χ1v) is 8.20. The lowest BCUT2D eigenvalue weighted by atomic mass is 10.1. The first kappa shape index (κ1) is 17.7. The van der Waals surface area contributed by atoms with E-state index >= 15 is 0 Å². The maximum Gasteiger partial charge on any atom is 0.336 e. The van der Waals surface area contributed by atoms with Crippen LogP contribution in [-0.2, 0) is 4.79 Å². The van der Waals surface area contributed by atoms with Crippen LogP contribution in [0.2, 0.25) is 0 Å². The maximum atomic E-state index is 11.9. The summed E-state index contributed by atoms with van der Waals surface area (Å²) in [7, 11) is 0. The van der Waals surface area contributed by atoms with Gasteiger partial charge in [-0.05, 0) is 30.2 Å². The molecule has 6 nitrogen and oxygen atoms in total. The Morgan fingerprint density at radius 1 is 1.19 bits per heavy atom. The predicted molar refractivity (Wildman–Crippen MR) is 97.1 cm³/mol. The minimum atomic E-state index is -0.780. The molecule has 0 saturated carbocycles. The molecule has 0 radical (unpaired) electrons. The highest BCUT2D eigenvalue weighted by molar-refractivity contribution is 5.81. The normalized spacial score (nSPS) is 11.9. The van der Waals surface area contributed by atoms with Gasteiger partial charge in [0.25, 0.3) is 5.91 Å². The quantitative estimate of drug-likeness (QED) is 0.664. The van der Waals surface area contributed by atoms with E-state index in [1.165, 1.54) is 6.07 Å². The van der Waals surface area contributed by atoms with Crippen molar-refractivity contribution in [3.05, 3.63) is 76.1 Å². The van der Waals surface area contributed by atoms with E-state index in [9.17, 15) is 14.7 Å². The molecule has 3 rings (SSSR count). The summed E-state index contributed by atoms with van der Waals surface area (Å²) < 4.78 is 10.6. The third kappa shape index (κ3) is 4.29. The molecule has 0 aliphatic carbocycles. The predicted octanol–water partition coefficient (Wildman–Crippen LogP) is 2.33. The number of hydrogen-bond acceptors (Lipinski definition) is 5. The van der Waals surface area contributed by atoms with Gasteiger partial charge in [0.1, 0.15) is 11.3 Å². The van der Waals surface area contributed by atoms with Crippen molar-refractivity contribution >= 4 is 16.9 Å². The van der Waals surface area contributed by atoms with Crippen molar-refractivity contribution in [1.82, 2.24) is 5.32 Å².